The Hall–Kier alpha value is -1.28. The van der Waals surface area contributed by atoms with E-state index in [-0.39, 0.29) is 0 Å². The van der Waals surface area contributed by atoms with Gasteiger partial charge in [0, 0.05) is 5.02 Å². The fourth-order valence-corrected chi connectivity index (χ4v) is 1.89. The molecule has 3 heteroatoms. The summed E-state index contributed by atoms with van der Waals surface area (Å²) in [7, 11) is 0. The number of unbranched alkanes of at least 4 members (excludes halogenated alkanes) is 3. The zero-order valence-electron chi connectivity index (χ0n) is 10.8. The predicted molar refractivity (Wildman–Crippen MR) is 78.5 cm³/mol. The lowest BCUT2D eigenvalue weighted by atomic mass is 10.1. The Kier molecular flexibility index (Phi) is 7.19. The minimum atomic E-state index is 0.700. The fourth-order valence-electron chi connectivity index (χ4n) is 1.70. The highest BCUT2D eigenvalue weighted by Gasteiger charge is 1.98. The molecule has 2 nitrogen and oxygen atoms in total. The summed E-state index contributed by atoms with van der Waals surface area (Å²) in [4.78, 5) is 0. The van der Waals surface area contributed by atoms with E-state index in [0.29, 0.717) is 10.7 Å². The number of benzene rings is 1. The van der Waals surface area contributed by atoms with Crippen LogP contribution in [-0.2, 0) is 0 Å². The average molecular weight is 266 g/mol. The van der Waals surface area contributed by atoms with E-state index < -0.39 is 0 Å². The first kappa shape index (κ1) is 14.8. The maximum atomic E-state index is 8.93. The van der Waals surface area contributed by atoms with Gasteiger partial charge in [-0.1, -0.05) is 67.2 Å². The van der Waals surface area contributed by atoms with E-state index in [2.05, 4.69) is 12.1 Å². The summed E-state index contributed by atoms with van der Waals surface area (Å²) in [6.45, 7) is 2.18. The standard InChI is InChI=1S/C15H20ClNO/c1-2-3-4-5-9-14(17-18)12-11-13-8-6-7-10-15(13)16/h6-8,10-12,18H,2-5,9H2,1H3/b12-11+,17-14+. The van der Waals surface area contributed by atoms with Crippen molar-refractivity contribution in [2.45, 2.75) is 39.0 Å². The lowest BCUT2D eigenvalue weighted by molar-refractivity contribution is 0.318. The topological polar surface area (TPSA) is 32.6 Å². The Labute approximate surface area is 114 Å². The summed E-state index contributed by atoms with van der Waals surface area (Å²) in [5.74, 6) is 0. The first-order valence-corrected chi connectivity index (χ1v) is 6.79. The molecule has 1 rings (SSSR count). The van der Waals surface area contributed by atoms with Gasteiger partial charge in [0.25, 0.3) is 0 Å². The van der Waals surface area contributed by atoms with Crippen molar-refractivity contribution in [2.75, 3.05) is 0 Å². The molecule has 18 heavy (non-hydrogen) atoms. The summed E-state index contributed by atoms with van der Waals surface area (Å²) < 4.78 is 0. The molecule has 0 saturated heterocycles. The summed E-state index contributed by atoms with van der Waals surface area (Å²) in [6, 6.07) is 7.61. The SMILES string of the molecule is CCCCCCC(/C=C/c1ccccc1Cl)=N\O. The molecule has 0 aliphatic rings. The van der Waals surface area contributed by atoms with Gasteiger partial charge < -0.3 is 5.21 Å². The quantitative estimate of drug-likeness (QED) is 0.314. The molecule has 1 N–H and O–H groups in total. The molecule has 0 aliphatic heterocycles. The highest BCUT2D eigenvalue weighted by atomic mass is 35.5. The second-order valence-electron chi connectivity index (χ2n) is 4.26. The smallest absolute Gasteiger partial charge is 0.0795 e. The van der Waals surface area contributed by atoms with E-state index in [9.17, 15) is 0 Å². The van der Waals surface area contributed by atoms with E-state index in [0.717, 1.165) is 18.4 Å². The van der Waals surface area contributed by atoms with Gasteiger partial charge in [0.2, 0.25) is 0 Å². The van der Waals surface area contributed by atoms with Gasteiger partial charge in [0.15, 0.2) is 0 Å². The Morgan fingerprint density at radius 1 is 1.28 bits per heavy atom. The molecule has 0 atom stereocenters. The molecule has 0 aromatic heterocycles. The van der Waals surface area contributed by atoms with E-state index >= 15 is 0 Å². The number of allylic oxidation sites excluding steroid dienone is 1. The van der Waals surface area contributed by atoms with Crippen LogP contribution in [0.25, 0.3) is 6.08 Å². The van der Waals surface area contributed by atoms with Crippen molar-refractivity contribution in [2.24, 2.45) is 5.16 Å². The third-order valence-corrected chi connectivity index (χ3v) is 3.12. The number of oxime groups is 1. The van der Waals surface area contributed by atoms with Gasteiger partial charge in [-0.15, -0.1) is 0 Å². The second-order valence-corrected chi connectivity index (χ2v) is 4.66. The lowest BCUT2D eigenvalue weighted by Crippen LogP contribution is -1.93. The minimum Gasteiger partial charge on any atom is -0.411 e. The number of hydrogen-bond donors (Lipinski definition) is 1. The molecular formula is C15H20ClNO. The van der Waals surface area contributed by atoms with Gasteiger partial charge in [-0.05, 0) is 30.5 Å². The van der Waals surface area contributed by atoms with E-state index in [4.69, 9.17) is 16.8 Å². The molecule has 0 unspecified atom stereocenters. The van der Waals surface area contributed by atoms with Gasteiger partial charge in [-0.2, -0.15) is 0 Å². The van der Waals surface area contributed by atoms with Crippen LogP contribution in [0, 0.1) is 0 Å². The second kappa shape index (κ2) is 8.76. The lowest BCUT2D eigenvalue weighted by Gasteiger charge is -2.00. The Balaban J connectivity index is 2.51. The molecule has 1 aromatic carbocycles. The van der Waals surface area contributed by atoms with Crippen LogP contribution in [0.2, 0.25) is 5.02 Å². The third-order valence-electron chi connectivity index (χ3n) is 2.78. The molecule has 0 saturated carbocycles. The van der Waals surface area contributed by atoms with Crippen molar-refractivity contribution < 1.29 is 5.21 Å². The van der Waals surface area contributed by atoms with Gasteiger partial charge in [-0.25, -0.2) is 0 Å². The number of rotatable bonds is 7. The molecule has 0 radical (unpaired) electrons. The van der Waals surface area contributed by atoms with Crippen molar-refractivity contribution in [3.63, 3.8) is 0 Å². The molecule has 0 aliphatic carbocycles. The van der Waals surface area contributed by atoms with Crippen molar-refractivity contribution in [3.8, 4) is 0 Å². The number of halogens is 1. The summed E-state index contributed by atoms with van der Waals surface area (Å²) in [6.07, 6.45) is 9.19. The summed E-state index contributed by atoms with van der Waals surface area (Å²) in [5.41, 5.74) is 1.64. The maximum absolute atomic E-state index is 8.93. The van der Waals surface area contributed by atoms with Crippen LogP contribution in [0.4, 0.5) is 0 Å². The first-order chi connectivity index (χ1) is 8.77. The van der Waals surface area contributed by atoms with Crippen LogP contribution < -0.4 is 0 Å². The highest BCUT2D eigenvalue weighted by molar-refractivity contribution is 6.32. The number of nitrogens with zero attached hydrogens (tertiary/aromatic N) is 1. The normalized spacial score (nSPS) is 12.2. The molecule has 0 bridgehead atoms. The molecule has 1 aromatic rings. The van der Waals surface area contributed by atoms with Crippen LogP contribution >= 0.6 is 11.6 Å². The Bertz CT molecular complexity index is 413. The van der Waals surface area contributed by atoms with Crippen LogP contribution in [0.15, 0.2) is 35.5 Å². The highest BCUT2D eigenvalue weighted by Crippen LogP contribution is 2.16. The third kappa shape index (κ3) is 5.37. The van der Waals surface area contributed by atoms with Crippen molar-refractivity contribution in [1.82, 2.24) is 0 Å². The zero-order valence-corrected chi connectivity index (χ0v) is 11.5. The van der Waals surface area contributed by atoms with Crippen molar-refractivity contribution >= 4 is 23.4 Å². The van der Waals surface area contributed by atoms with Crippen LogP contribution in [-0.4, -0.2) is 10.9 Å². The Morgan fingerprint density at radius 2 is 2.06 bits per heavy atom. The van der Waals surface area contributed by atoms with Crippen LogP contribution in [0.3, 0.4) is 0 Å². The Morgan fingerprint density at radius 3 is 2.72 bits per heavy atom. The molecule has 0 heterocycles. The van der Waals surface area contributed by atoms with Crippen LogP contribution in [0.1, 0.15) is 44.6 Å². The summed E-state index contributed by atoms with van der Waals surface area (Å²) in [5, 5.41) is 13.0. The average Bonchev–Trinajstić information content (AvgIpc) is 2.40. The predicted octanol–water partition coefficient (Wildman–Crippen LogP) is 5.15. The van der Waals surface area contributed by atoms with E-state index in [1.165, 1.54) is 19.3 Å². The largest absolute Gasteiger partial charge is 0.411 e. The maximum Gasteiger partial charge on any atom is 0.0795 e. The molecule has 0 amide bonds. The first-order valence-electron chi connectivity index (χ1n) is 6.41. The molecule has 0 fully saturated rings. The summed E-state index contributed by atoms with van der Waals surface area (Å²) >= 11 is 6.04. The van der Waals surface area contributed by atoms with Crippen LogP contribution in [0.5, 0.6) is 0 Å². The number of hydrogen-bond acceptors (Lipinski definition) is 2. The van der Waals surface area contributed by atoms with Gasteiger partial charge in [0.05, 0.1) is 5.71 Å². The van der Waals surface area contributed by atoms with Gasteiger partial charge >= 0.3 is 0 Å². The zero-order chi connectivity index (χ0) is 13.2. The molecular weight excluding hydrogens is 246 g/mol. The minimum absolute atomic E-state index is 0.700. The van der Waals surface area contributed by atoms with E-state index in [1.807, 2.05) is 36.4 Å². The van der Waals surface area contributed by atoms with Gasteiger partial charge in [-0.3, -0.25) is 0 Å². The molecule has 98 valence electrons. The van der Waals surface area contributed by atoms with Crippen molar-refractivity contribution in [1.29, 1.82) is 0 Å². The monoisotopic (exact) mass is 265 g/mol. The van der Waals surface area contributed by atoms with E-state index in [1.54, 1.807) is 0 Å². The van der Waals surface area contributed by atoms with Crippen molar-refractivity contribution in [3.05, 3.63) is 40.9 Å². The molecule has 0 spiro atoms. The fraction of sp³-hybridized carbons (Fsp3) is 0.400. The van der Waals surface area contributed by atoms with Gasteiger partial charge in [0.1, 0.15) is 0 Å².